The molecule has 0 unspecified atom stereocenters. The molecule has 0 radical (unpaired) electrons. The van der Waals surface area contributed by atoms with Gasteiger partial charge in [-0.2, -0.15) is 9.97 Å². The van der Waals surface area contributed by atoms with Crippen LogP contribution in [0.2, 0.25) is 0 Å². The molecule has 2 heterocycles. The molecule has 31 heavy (non-hydrogen) atoms. The van der Waals surface area contributed by atoms with Crippen LogP contribution in [0.3, 0.4) is 0 Å². The molecule has 4 aromatic rings. The standard InChI is InChI=1S/C23H26N8/c1-14(2)31(12-15-6-4-3-5-7-15)13-16-8-10-17(11-9-16)18-20(24)28-22-19(27-18)21(25)29-23(26)30-22/h3-11,14H,12-13H2,1-2H3,(H6,24,25,26,28,29,30). The second-order valence-corrected chi connectivity index (χ2v) is 7.78. The zero-order valence-corrected chi connectivity index (χ0v) is 17.7. The summed E-state index contributed by atoms with van der Waals surface area (Å²) in [5.41, 5.74) is 22.3. The molecule has 0 fully saturated rings. The summed E-state index contributed by atoms with van der Waals surface area (Å²) in [4.78, 5) is 19.3. The van der Waals surface area contributed by atoms with Crippen molar-refractivity contribution in [1.82, 2.24) is 24.8 Å². The zero-order valence-electron chi connectivity index (χ0n) is 17.7. The minimum absolute atomic E-state index is 0.0426. The molecule has 0 aliphatic rings. The Morgan fingerprint density at radius 1 is 0.742 bits per heavy atom. The highest BCUT2D eigenvalue weighted by atomic mass is 15.1. The van der Waals surface area contributed by atoms with Gasteiger partial charge in [0.25, 0.3) is 0 Å². The molecule has 2 aromatic heterocycles. The van der Waals surface area contributed by atoms with Crippen LogP contribution in [0.4, 0.5) is 17.6 Å². The van der Waals surface area contributed by atoms with Gasteiger partial charge in [0.1, 0.15) is 5.69 Å². The van der Waals surface area contributed by atoms with E-state index < -0.39 is 0 Å². The van der Waals surface area contributed by atoms with Crippen molar-refractivity contribution in [3.05, 3.63) is 65.7 Å². The molecule has 0 aliphatic carbocycles. The summed E-state index contributed by atoms with van der Waals surface area (Å²) in [7, 11) is 0. The van der Waals surface area contributed by atoms with E-state index in [0.717, 1.165) is 18.7 Å². The quantitative estimate of drug-likeness (QED) is 0.438. The lowest BCUT2D eigenvalue weighted by Crippen LogP contribution is -2.29. The smallest absolute Gasteiger partial charge is 0.224 e. The average Bonchev–Trinajstić information content (AvgIpc) is 2.74. The Morgan fingerprint density at radius 3 is 2.03 bits per heavy atom. The molecule has 2 aromatic carbocycles. The van der Waals surface area contributed by atoms with Crippen LogP contribution in [0.15, 0.2) is 54.6 Å². The molecule has 8 heteroatoms. The number of fused-ring (bicyclic) bond motifs is 1. The Hall–Kier alpha value is -3.78. The van der Waals surface area contributed by atoms with Crippen LogP contribution in [0.5, 0.6) is 0 Å². The minimum atomic E-state index is 0.0426. The fourth-order valence-electron chi connectivity index (χ4n) is 3.45. The number of rotatable bonds is 6. The normalized spacial score (nSPS) is 11.5. The van der Waals surface area contributed by atoms with E-state index in [1.807, 2.05) is 18.2 Å². The largest absolute Gasteiger partial charge is 0.382 e. The molecule has 0 bridgehead atoms. The first kappa shape index (κ1) is 20.5. The van der Waals surface area contributed by atoms with Gasteiger partial charge in [0.15, 0.2) is 22.8 Å². The number of anilines is 3. The van der Waals surface area contributed by atoms with E-state index in [2.05, 4.69) is 75.1 Å². The van der Waals surface area contributed by atoms with Gasteiger partial charge in [-0.25, -0.2) is 9.97 Å². The van der Waals surface area contributed by atoms with Crippen LogP contribution >= 0.6 is 0 Å². The molecule has 6 N–H and O–H groups in total. The van der Waals surface area contributed by atoms with Gasteiger partial charge in [-0.15, -0.1) is 0 Å². The van der Waals surface area contributed by atoms with Crippen molar-refractivity contribution >= 4 is 28.7 Å². The Morgan fingerprint density at radius 2 is 1.39 bits per heavy atom. The highest BCUT2D eigenvalue weighted by molar-refractivity contribution is 5.87. The summed E-state index contributed by atoms with van der Waals surface area (Å²) in [6, 6.07) is 19.1. The van der Waals surface area contributed by atoms with E-state index in [1.165, 1.54) is 11.1 Å². The van der Waals surface area contributed by atoms with E-state index >= 15 is 0 Å². The monoisotopic (exact) mass is 414 g/mol. The molecule has 158 valence electrons. The van der Waals surface area contributed by atoms with E-state index in [4.69, 9.17) is 17.2 Å². The molecule has 0 aliphatic heterocycles. The van der Waals surface area contributed by atoms with Gasteiger partial charge in [0, 0.05) is 24.7 Å². The van der Waals surface area contributed by atoms with Crippen LogP contribution in [-0.4, -0.2) is 30.9 Å². The number of hydrogen-bond donors (Lipinski definition) is 3. The molecule has 0 amide bonds. The van der Waals surface area contributed by atoms with Gasteiger partial charge in [-0.05, 0) is 25.0 Å². The van der Waals surface area contributed by atoms with Crippen LogP contribution in [-0.2, 0) is 13.1 Å². The lowest BCUT2D eigenvalue weighted by atomic mass is 10.1. The Labute approximate surface area is 181 Å². The van der Waals surface area contributed by atoms with Crippen molar-refractivity contribution in [2.75, 3.05) is 17.2 Å². The minimum Gasteiger partial charge on any atom is -0.382 e. The maximum absolute atomic E-state index is 6.14. The van der Waals surface area contributed by atoms with Gasteiger partial charge in [0.2, 0.25) is 5.95 Å². The molecule has 0 atom stereocenters. The summed E-state index contributed by atoms with van der Waals surface area (Å²) < 4.78 is 0. The van der Waals surface area contributed by atoms with Gasteiger partial charge in [-0.1, -0.05) is 54.6 Å². The highest BCUT2D eigenvalue weighted by Gasteiger charge is 2.14. The number of nitrogens with zero attached hydrogens (tertiary/aromatic N) is 5. The fourth-order valence-corrected chi connectivity index (χ4v) is 3.45. The van der Waals surface area contributed by atoms with E-state index in [9.17, 15) is 0 Å². The maximum atomic E-state index is 6.14. The Bertz CT molecular complexity index is 1190. The van der Waals surface area contributed by atoms with Crippen LogP contribution in [0.1, 0.15) is 25.0 Å². The summed E-state index contributed by atoms with van der Waals surface area (Å²) in [5, 5.41) is 0. The summed E-state index contributed by atoms with van der Waals surface area (Å²) in [6.45, 7) is 6.15. The van der Waals surface area contributed by atoms with Crippen molar-refractivity contribution in [3.8, 4) is 11.3 Å². The second-order valence-electron chi connectivity index (χ2n) is 7.78. The molecule has 0 saturated heterocycles. The Balaban J connectivity index is 1.58. The van der Waals surface area contributed by atoms with Crippen molar-refractivity contribution in [1.29, 1.82) is 0 Å². The molecule has 0 saturated carbocycles. The van der Waals surface area contributed by atoms with Crippen molar-refractivity contribution in [2.45, 2.75) is 33.0 Å². The van der Waals surface area contributed by atoms with Gasteiger partial charge >= 0.3 is 0 Å². The Kier molecular flexibility index (Phi) is 5.64. The predicted octanol–water partition coefficient (Wildman–Crippen LogP) is 3.24. The maximum Gasteiger partial charge on any atom is 0.224 e. The van der Waals surface area contributed by atoms with Gasteiger partial charge in [-0.3, -0.25) is 4.90 Å². The number of nitrogen functional groups attached to an aromatic ring is 3. The predicted molar refractivity (Wildman–Crippen MR) is 125 cm³/mol. The first-order valence-corrected chi connectivity index (χ1v) is 10.1. The van der Waals surface area contributed by atoms with E-state index in [-0.39, 0.29) is 23.2 Å². The van der Waals surface area contributed by atoms with E-state index in [1.54, 1.807) is 0 Å². The average molecular weight is 415 g/mol. The van der Waals surface area contributed by atoms with Crippen molar-refractivity contribution in [2.24, 2.45) is 0 Å². The molecule has 0 spiro atoms. The van der Waals surface area contributed by atoms with Crippen LogP contribution < -0.4 is 17.2 Å². The van der Waals surface area contributed by atoms with Crippen molar-refractivity contribution in [3.63, 3.8) is 0 Å². The van der Waals surface area contributed by atoms with E-state index in [0.29, 0.717) is 17.3 Å². The topological polar surface area (TPSA) is 133 Å². The third kappa shape index (κ3) is 4.54. The highest BCUT2D eigenvalue weighted by Crippen LogP contribution is 2.27. The summed E-state index contributed by atoms with van der Waals surface area (Å²) >= 11 is 0. The van der Waals surface area contributed by atoms with Crippen LogP contribution in [0.25, 0.3) is 22.4 Å². The molecular formula is C23H26N8. The third-order valence-electron chi connectivity index (χ3n) is 5.17. The number of aromatic nitrogens is 4. The van der Waals surface area contributed by atoms with Gasteiger partial charge in [0.05, 0.1) is 0 Å². The summed E-state index contributed by atoms with van der Waals surface area (Å²) in [6.07, 6.45) is 0. The first-order valence-electron chi connectivity index (χ1n) is 10.1. The molecule has 8 nitrogen and oxygen atoms in total. The fraction of sp³-hybridized carbons (Fsp3) is 0.217. The number of benzene rings is 2. The SMILES string of the molecule is CC(C)N(Cc1ccccc1)Cc1ccc(-c2nc3c(N)nc(N)nc3nc2N)cc1. The van der Waals surface area contributed by atoms with Crippen molar-refractivity contribution < 1.29 is 0 Å². The number of nitrogens with two attached hydrogens (primary N) is 3. The third-order valence-corrected chi connectivity index (χ3v) is 5.17. The summed E-state index contributed by atoms with van der Waals surface area (Å²) in [5.74, 6) is 0.494. The van der Waals surface area contributed by atoms with Gasteiger partial charge < -0.3 is 17.2 Å². The number of hydrogen-bond acceptors (Lipinski definition) is 8. The molecule has 4 rings (SSSR count). The molecular weight excluding hydrogens is 388 g/mol. The van der Waals surface area contributed by atoms with Crippen LogP contribution in [0, 0.1) is 0 Å². The lowest BCUT2D eigenvalue weighted by Gasteiger charge is -2.26. The zero-order chi connectivity index (χ0) is 22.0. The second kappa shape index (κ2) is 8.53. The lowest BCUT2D eigenvalue weighted by molar-refractivity contribution is 0.203. The first-order chi connectivity index (χ1) is 14.9.